The molecule has 0 spiro atoms. The van der Waals surface area contributed by atoms with E-state index in [1.807, 2.05) is 13.0 Å². The average Bonchev–Trinajstić information content (AvgIpc) is 2.96. The summed E-state index contributed by atoms with van der Waals surface area (Å²) < 4.78 is 1.59. The number of nitrogen functional groups attached to an aromatic ring is 1. The molecule has 1 heterocycles. The highest BCUT2D eigenvalue weighted by Gasteiger charge is 2.23. The van der Waals surface area contributed by atoms with Crippen LogP contribution >= 0.6 is 11.8 Å². The zero-order chi connectivity index (χ0) is 17.1. The van der Waals surface area contributed by atoms with E-state index in [2.05, 4.69) is 10.2 Å². The van der Waals surface area contributed by atoms with E-state index in [1.54, 1.807) is 16.8 Å². The van der Waals surface area contributed by atoms with Gasteiger partial charge in [0, 0.05) is 23.3 Å². The first kappa shape index (κ1) is 16.8. The van der Waals surface area contributed by atoms with Crippen LogP contribution in [0.1, 0.15) is 61.6 Å². The van der Waals surface area contributed by atoms with E-state index in [-0.39, 0.29) is 15.9 Å². The van der Waals surface area contributed by atoms with Crippen LogP contribution in [0.4, 0.5) is 5.69 Å². The molecule has 128 valence electrons. The van der Waals surface area contributed by atoms with E-state index in [0.29, 0.717) is 11.1 Å². The molecule has 0 bridgehead atoms. The van der Waals surface area contributed by atoms with Crippen LogP contribution in [0.5, 0.6) is 0 Å². The minimum absolute atomic E-state index is 0.00407. The molecule has 1 fully saturated rings. The van der Waals surface area contributed by atoms with Gasteiger partial charge in [-0.15, -0.1) is 10.2 Å². The van der Waals surface area contributed by atoms with Crippen molar-refractivity contribution in [3.8, 4) is 0 Å². The van der Waals surface area contributed by atoms with Gasteiger partial charge in [-0.1, -0.05) is 43.2 Å². The molecule has 7 nitrogen and oxygen atoms in total. The first-order valence-corrected chi connectivity index (χ1v) is 9.05. The molecule has 1 unspecified atom stereocenters. The summed E-state index contributed by atoms with van der Waals surface area (Å²) in [7, 11) is 0. The second-order valence-electron chi connectivity index (χ2n) is 6.16. The van der Waals surface area contributed by atoms with Crippen molar-refractivity contribution >= 4 is 17.4 Å². The quantitative estimate of drug-likeness (QED) is 0.382. The fraction of sp³-hybridized carbons (Fsp3) is 0.500. The number of hydrogen-bond acceptors (Lipinski definition) is 6. The zero-order valence-electron chi connectivity index (χ0n) is 13.6. The number of thioether (sulfide) groups is 1. The van der Waals surface area contributed by atoms with Crippen LogP contribution in [0.2, 0.25) is 0 Å². The molecular weight excluding hydrogens is 326 g/mol. The Labute approximate surface area is 144 Å². The molecular formula is C16H21N5O2S. The molecule has 2 aromatic rings. The monoisotopic (exact) mass is 347 g/mol. The number of nitro groups is 1. The van der Waals surface area contributed by atoms with Gasteiger partial charge in [-0.3, -0.25) is 10.1 Å². The molecule has 8 heteroatoms. The van der Waals surface area contributed by atoms with E-state index in [0.717, 1.165) is 24.2 Å². The third-order valence-electron chi connectivity index (χ3n) is 4.49. The van der Waals surface area contributed by atoms with Gasteiger partial charge in [0.05, 0.1) is 4.92 Å². The summed E-state index contributed by atoms with van der Waals surface area (Å²) in [5.74, 6) is 7.44. The Morgan fingerprint density at radius 2 is 2.08 bits per heavy atom. The van der Waals surface area contributed by atoms with Gasteiger partial charge in [0.15, 0.2) is 5.82 Å². The third kappa shape index (κ3) is 3.53. The topological polar surface area (TPSA) is 99.9 Å². The number of nitrogens with zero attached hydrogens (tertiary/aromatic N) is 4. The molecule has 0 amide bonds. The van der Waals surface area contributed by atoms with Crippen LogP contribution in [0, 0.1) is 10.1 Å². The molecule has 3 rings (SSSR count). The molecule has 1 saturated carbocycles. The molecule has 0 aliphatic heterocycles. The number of aromatic nitrogens is 3. The Bertz CT molecular complexity index is 727. The molecule has 1 aromatic carbocycles. The highest BCUT2D eigenvalue weighted by Crippen LogP contribution is 2.37. The Kier molecular flexibility index (Phi) is 5.03. The normalized spacial score (nSPS) is 16.9. The number of nitro benzene ring substituents is 1. The predicted molar refractivity (Wildman–Crippen MR) is 93.4 cm³/mol. The molecule has 1 atom stereocenters. The lowest BCUT2D eigenvalue weighted by molar-refractivity contribution is -0.384. The molecule has 2 N–H and O–H groups in total. The highest BCUT2D eigenvalue weighted by atomic mass is 32.2. The molecule has 0 saturated heterocycles. The number of benzene rings is 1. The van der Waals surface area contributed by atoms with E-state index in [9.17, 15) is 10.1 Å². The molecule has 1 aromatic heterocycles. The minimum Gasteiger partial charge on any atom is -0.336 e. The summed E-state index contributed by atoms with van der Waals surface area (Å²) in [6.07, 6.45) is 5.93. The third-order valence-corrected chi connectivity index (χ3v) is 5.61. The molecule has 24 heavy (non-hydrogen) atoms. The summed E-state index contributed by atoms with van der Waals surface area (Å²) in [5.41, 5.74) is 0.966. The van der Waals surface area contributed by atoms with Crippen molar-refractivity contribution in [2.24, 2.45) is 0 Å². The van der Waals surface area contributed by atoms with Crippen LogP contribution in [0.3, 0.4) is 0 Å². The van der Waals surface area contributed by atoms with E-state index < -0.39 is 0 Å². The Hall–Kier alpha value is -2.09. The van der Waals surface area contributed by atoms with Crippen molar-refractivity contribution in [3.05, 3.63) is 45.8 Å². The lowest BCUT2D eigenvalue weighted by atomic mass is 9.89. The lowest BCUT2D eigenvalue weighted by Crippen LogP contribution is -2.18. The van der Waals surface area contributed by atoms with Gasteiger partial charge >= 0.3 is 0 Å². The fourth-order valence-electron chi connectivity index (χ4n) is 3.13. The average molecular weight is 347 g/mol. The van der Waals surface area contributed by atoms with E-state index in [4.69, 9.17) is 5.84 Å². The second-order valence-corrected chi connectivity index (χ2v) is 7.47. The number of rotatable bonds is 5. The SMILES string of the molecule is CC(Sc1nnc(C2CCCCC2)n1N)c1cccc([N+](=O)[O-])c1. The van der Waals surface area contributed by atoms with Crippen LogP contribution < -0.4 is 5.84 Å². The van der Waals surface area contributed by atoms with Gasteiger partial charge in [0.2, 0.25) is 5.16 Å². The molecule has 1 aliphatic rings. The first-order valence-electron chi connectivity index (χ1n) is 8.17. The Balaban J connectivity index is 1.75. The summed E-state index contributed by atoms with van der Waals surface area (Å²) >= 11 is 1.47. The number of nitrogens with two attached hydrogens (primary N) is 1. The van der Waals surface area contributed by atoms with Crippen LogP contribution in [-0.2, 0) is 0 Å². The number of non-ortho nitro benzene ring substituents is 1. The number of hydrogen-bond donors (Lipinski definition) is 1. The van der Waals surface area contributed by atoms with Crippen LogP contribution in [0.15, 0.2) is 29.4 Å². The summed E-state index contributed by atoms with van der Waals surface area (Å²) in [6, 6.07) is 6.67. The van der Waals surface area contributed by atoms with Gasteiger partial charge in [0.25, 0.3) is 5.69 Å². The minimum atomic E-state index is -0.381. The molecule has 1 aliphatic carbocycles. The maximum absolute atomic E-state index is 10.9. The second kappa shape index (κ2) is 7.21. The summed E-state index contributed by atoms with van der Waals surface area (Å²) in [5, 5.41) is 20.1. The maximum Gasteiger partial charge on any atom is 0.269 e. The largest absolute Gasteiger partial charge is 0.336 e. The summed E-state index contributed by atoms with van der Waals surface area (Å²) in [6.45, 7) is 1.98. The van der Waals surface area contributed by atoms with Crippen LogP contribution in [0.25, 0.3) is 0 Å². The van der Waals surface area contributed by atoms with Crippen molar-refractivity contribution < 1.29 is 4.92 Å². The van der Waals surface area contributed by atoms with Gasteiger partial charge in [-0.25, -0.2) is 4.68 Å². The van der Waals surface area contributed by atoms with Gasteiger partial charge < -0.3 is 5.84 Å². The van der Waals surface area contributed by atoms with Crippen LogP contribution in [-0.4, -0.2) is 19.8 Å². The lowest BCUT2D eigenvalue weighted by Gasteiger charge is -2.20. The van der Waals surface area contributed by atoms with E-state index >= 15 is 0 Å². The van der Waals surface area contributed by atoms with Crippen molar-refractivity contribution in [3.63, 3.8) is 0 Å². The molecule has 0 radical (unpaired) electrons. The fourth-order valence-corrected chi connectivity index (χ4v) is 4.02. The Morgan fingerprint density at radius 1 is 1.33 bits per heavy atom. The standard InChI is InChI=1S/C16H21N5O2S/c1-11(13-8-5-9-14(10-13)21(22)23)24-16-19-18-15(20(16)17)12-6-3-2-4-7-12/h5,8-12H,2-4,6-7,17H2,1H3. The maximum atomic E-state index is 10.9. The smallest absolute Gasteiger partial charge is 0.269 e. The first-order chi connectivity index (χ1) is 11.6. The highest BCUT2D eigenvalue weighted by molar-refractivity contribution is 7.99. The Morgan fingerprint density at radius 3 is 2.79 bits per heavy atom. The van der Waals surface area contributed by atoms with Crippen molar-refractivity contribution in [1.29, 1.82) is 0 Å². The van der Waals surface area contributed by atoms with Crippen molar-refractivity contribution in [2.45, 2.75) is 55.4 Å². The van der Waals surface area contributed by atoms with Gasteiger partial charge in [-0.05, 0) is 25.3 Å². The van der Waals surface area contributed by atoms with Crippen molar-refractivity contribution in [1.82, 2.24) is 14.9 Å². The zero-order valence-corrected chi connectivity index (χ0v) is 14.4. The van der Waals surface area contributed by atoms with E-state index in [1.165, 1.54) is 37.1 Å². The van der Waals surface area contributed by atoms with Gasteiger partial charge in [-0.2, -0.15) is 0 Å². The predicted octanol–water partition coefficient (Wildman–Crippen LogP) is 3.80. The van der Waals surface area contributed by atoms with Gasteiger partial charge in [0.1, 0.15) is 0 Å². The summed E-state index contributed by atoms with van der Waals surface area (Å²) in [4.78, 5) is 10.5. The van der Waals surface area contributed by atoms with Crippen molar-refractivity contribution in [2.75, 3.05) is 5.84 Å².